The second-order valence-electron chi connectivity index (χ2n) is 7.85. The number of ketones is 1. The SMILES string of the molecule is C=C[C@H]1c2c(OC)cccc2C(=O)CN1C(=O)[C@@H](C)CC(C(=O)OC)(C(=O)OC)C(OC)OC. The zero-order valence-electron chi connectivity index (χ0n) is 20.3. The molecule has 0 saturated carbocycles. The molecule has 186 valence electrons. The van der Waals surface area contributed by atoms with Gasteiger partial charge in [-0.2, -0.15) is 0 Å². The smallest absolute Gasteiger partial charge is 0.328 e. The number of carbonyl (C=O) groups is 4. The number of Topliss-reactive ketones (excluding diaryl/α,β-unsaturated/α-hetero) is 1. The van der Waals surface area contributed by atoms with Crippen LogP contribution >= 0.6 is 0 Å². The summed E-state index contributed by atoms with van der Waals surface area (Å²) in [5.41, 5.74) is -1.12. The highest BCUT2D eigenvalue weighted by molar-refractivity contribution is 6.04. The fourth-order valence-electron chi connectivity index (χ4n) is 4.48. The summed E-state index contributed by atoms with van der Waals surface area (Å²) in [6.07, 6.45) is -0.203. The molecule has 0 fully saturated rings. The third kappa shape index (κ3) is 4.55. The van der Waals surface area contributed by atoms with Crippen molar-refractivity contribution >= 4 is 23.6 Å². The third-order valence-electron chi connectivity index (χ3n) is 6.02. The Morgan fingerprint density at radius 2 is 1.71 bits per heavy atom. The van der Waals surface area contributed by atoms with Gasteiger partial charge in [-0.1, -0.05) is 25.1 Å². The van der Waals surface area contributed by atoms with E-state index in [0.717, 1.165) is 14.2 Å². The number of esters is 2. The van der Waals surface area contributed by atoms with Crippen LogP contribution in [0, 0.1) is 11.3 Å². The zero-order chi connectivity index (χ0) is 25.6. The first-order chi connectivity index (χ1) is 16.2. The van der Waals surface area contributed by atoms with E-state index in [1.807, 2.05) is 0 Å². The van der Waals surface area contributed by atoms with Gasteiger partial charge in [0.1, 0.15) is 5.75 Å². The highest BCUT2D eigenvalue weighted by atomic mass is 16.7. The molecule has 2 atom stereocenters. The van der Waals surface area contributed by atoms with Crippen molar-refractivity contribution in [2.24, 2.45) is 11.3 Å². The van der Waals surface area contributed by atoms with Crippen LogP contribution in [0.5, 0.6) is 5.75 Å². The fraction of sp³-hybridized carbons (Fsp3) is 0.500. The van der Waals surface area contributed by atoms with Gasteiger partial charge in [0.25, 0.3) is 0 Å². The van der Waals surface area contributed by atoms with Crippen LogP contribution in [0.2, 0.25) is 0 Å². The van der Waals surface area contributed by atoms with Gasteiger partial charge in [0.05, 0.1) is 33.9 Å². The predicted octanol–water partition coefficient (Wildman–Crippen LogP) is 1.92. The monoisotopic (exact) mass is 477 g/mol. The molecule has 0 N–H and O–H groups in total. The molecule has 0 aromatic heterocycles. The van der Waals surface area contributed by atoms with Crippen LogP contribution in [0.4, 0.5) is 0 Å². The Morgan fingerprint density at radius 1 is 1.12 bits per heavy atom. The summed E-state index contributed by atoms with van der Waals surface area (Å²) in [6.45, 7) is 5.17. The van der Waals surface area contributed by atoms with Crippen molar-refractivity contribution in [3.05, 3.63) is 42.0 Å². The Morgan fingerprint density at radius 3 is 2.18 bits per heavy atom. The second-order valence-corrected chi connectivity index (χ2v) is 7.85. The average Bonchev–Trinajstić information content (AvgIpc) is 2.86. The summed E-state index contributed by atoms with van der Waals surface area (Å²) in [5, 5.41) is 0. The second kappa shape index (κ2) is 11.3. The number of carbonyl (C=O) groups excluding carboxylic acids is 4. The molecule has 0 bridgehead atoms. The van der Waals surface area contributed by atoms with E-state index in [0.29, 0.717) is 16.9 Å². The highest BCUT2D eigenvalue weighted by Crippen LogP contribution is 2.40. The van der Waals surface area contributed by atoms with Crippen LogP contribution < -0.4 is 4.74 Å². The largest absolute Gasteiger partial charge is 0.496 e. The van der Waals surface area contributed by atoms with E-state index in [1.54, 1.807) is 24.3 Å². The lowest BCUT2D eigenvalue weighted by molar-refractivity contribution is -0.216. The quantitative estimate of drug-likeness (QED) is 0.216. The van der Waals surface area contributed by atoms with Gasteiger partial charge in [-0.3, -0.25) is 19.2 Å². The van der Waals surface area contributed by atoms with E-state index in [1.165, 1.54) is 33.2 Å². The minimum atomic E-state index is -2.08. The molecule has 1 aromatic carbocycles. The zero-order valence-corrected chi connectivity index (χ0v) is 20.3. The molecule has 1 aliphatic heterocycles. The Balaban J connectivity index is 2.51. The number of ether oxygens (including phenoxy) is 5. The predicted molar refractivity (Wildman–Crippen MR) is 120 cm³/mol. The molecule has 0 radical (unpaired) electrons. The molecule has 1 heterocycles. The van der Waals surface area contributed by atoms with Crippen molar-refractivity contribution in [2.45, 2.75) is 25.7 Å². The first-order valence-corrected chi connectivity index (χ1v) is 10.5. The van der Waals surface area contributed by atoms with E-state index in [4.69, 9.17) is 23.7 Å². The summed E-state index contributed by atoms with van der Waals surface area (Å²) in [4.78, 5) is 53.5. The van der Waals surface area contributed by atoms with Crippen LogP contribution in [0.3, 0.4) is 0 Å². The van der Waals surface area contributed by atoms with Crippen LogP contribution in [0.15, 0.2) is 30.9 Å². The Hall–Kier alpha value is -3.24. The number of hydrogen-bond donors (Lipinski definition) is 0. The average molecular weight is 478 g/mol. The lowest BCUT2D eigenvalue weighted by Crippen LogP contribution is -2.54. The van der Waals surface area contributed by atoms with E-state index < -0.39 is 41.5 Å². The summed E-state index contributed by atoms with van der Waals surface area (Å²) in [5.74, 6) is -3.22. The maximum absolute atomic E-state index is 13.6. The fourth-order valence-corrected chi connectivity index (χ4v) is 4.48. The van der Waals surface area contributed by atoms with Gasteiger partial charge >= 0.3 is 11.9 Å². The van der Waals surface area contributed by atoms with Gasteiger partial charge in [0.2, 0.25) is 11.3 Å². The standard InChI is InChI=1S/C24H31NO9/c1-8-16-19-15(10-9-11-18(19)30-3)17(26)13-25(16)20(27)14(2)12-24(21(28)31-4,22(29)32-5)23(33-6)34-7/h8-11,14,16,23H,1,12-13H2,2-7H3/t14-,16-/m0/s1. The number of hydrogen-bond acceptors (Lipinski definition) is 9. The number of rotatable bonds is 10. The first-order valence-electron chi connectivity index (χ1n) is 10.5. The lowest BCUT2D eigenvalue weighted by Gasteiger charge is -2.39. The molecular weight excluding hydrogens is 446 g/mol. The molecule has 10 heteroatoms. The van der Waals surface area contributed by atoms with Gasteiger partial charge < -0.3 is 28.6 Å². The summed E-state index contributed by atoms with van der Waals surface area (Å²) in [7, 11) is 6.19. The van der Waals surface area contributed by atoms with E-state index in [-0.39, 0.29) is 18.7 Å². The Labute approximate surface area is 198 Å². The van der Waals surface area contributed by atoms with Crippen molar-refractivity contribution in [1.82, 2.24) is 4.90 Å². The third-order valence-corrected chi connectivity index (χ3v) is 6.02. The minimum Gasteiger partial charge on any atom is -0.496 e. The molecule has 1 amide bonds. The molecule has 34 heavy (non-hydrogen) atoms. The van der Waals surface area contributed by atoms with Gasteiger partial charge in [-0.05, 0) is 12.5 Å². The maximum atomic E-state index is 13.6. The Kier molecular flexibility index (Phi) is 8.94. The van der Waals surface area contributed by atoms with Crippen molar-refractivity contribution in [3.63, 3.8) is 0 Å². The van der Waals surface area contributed by atoms with Crippen LogP contribution in [-0.4, -0.2) is 76.9 Å². The van der Waals surface area contributed by atoms with Crippen molar-refractivity contribution < 1.29 is 42.9 Å². The number of amides is 1. The molecule has 10 nitrogen and oxygen atoms in total. The van der Waals surface area contributed by atoms with Gasteiger partial charge in [0.15, 0.2) is 12.1 Å². The van der Waals surface area contributed by atoms with Crippen LogP contribution in [0.1, 0.15) is 35.3 Å². The summed E-state index contributed by atoms with van der Waals surface area (Å²) >= 11 is 0. The molecule has 0 unspecified atom stereocenters. The molecule has 2 rings (SSSR count). The molecule has 1 aliphatic rings. The van der Waals surface area contributed by atoms with Crippen molar-refractivity contribution in [2.75, 3.05) is 42.1 Å². The van der Waals surface area contributed by atoms with E-state index >= 15 is 0 Å². The number of methoxy groups -OCH3 is 5. The van der Waals surface area contributed by atoms with Crippen molar-refractivity contribution in [3.8, 4) is 5.75 Å². The van der Waals surface area contributed by atoms with Crippen LogP contribution in [0.25, 0.3) is 0 Å². The van der Waals surface area contributed by atoms with Gasteiger partial charge in [-0.15, -0.1) is 6.58 Å². The highest BCUT2D eigenvalue weighted by Gasteiger charge is 2.57. The molecule has 0 saturated heterocycles. The van der Waals surface area contributed by atoms with Crippen molar-refractivity contribution in [1.29, 1.82) is 0 Å². The minimum absolute atomic E-state index is 0.207. The van der Waals surface area contributed by atoms with E-state index in [9.17, 15) is 19.2 Å². The lowest BCUT2D eigenvalue weighted by atomic mass is 9.77. The van der Waals surface area contributed by atoms with Gasteiger partial charge in [-0.25, -0.2) is 0 Å². The number of benzene rings is 1. The summed E-state index contributed by atoms with van der Waals surface area (Å²) in [6, 6.07) is 4.40. The molecule has 1 aromatic rings. The van der Waals surface area contributed by atoms with E-state index in [2.05, 4.69) is 6.58 Å². The number of fused-ring (bicyclic) bond motifs is 1. The Bertz CT molecular complexity index is 938. The van der Waals surface area contributed by atoms with Gasteiger partial charge in [0, 0.05) is 31.3 Å². The normalized spacial score (nSPS) is 16.5. The summed E-state index contributed by atoms with van der Waals surface area (Å²) < 4.78 is 25.6. The maximum Gasteiger partial charge on any atom is 0.328 e. The van der Waals surface area contributed by atoms with Crippen LogP contribution in [-0.2, 0) is 33.3 Å². The molecule has 0 spiro atoms. The first kappa shape index (κ1) is 27.0. The topological polar surface area (TPSA) is 118 Å². The molecular formula is C24H31NO9. The number of nitrogens with zero attached hydrogens (tertiary/aromatic N) is 1. The molecule has 0 aliphatic carbocycles.